The molecule has 1 aromatic carbocycles. The van der Waals surface area contributed by atoms with Gasteiger partial charge >= 0.3 is 0 Å². The summed E-state index contributed by atoms with van der Waals surface area (Å²) in [7, 11) is 0. The van der Waals surface area contributed by atoms with Crippen LogP contribution in [0.1, 0.15) is 32.3 Å². The lowest BCUT2D eigenvalue weighted by Crippen LogP contribution is -2.20. The van der Waals surface area contributed by atoms with Crippen LogP contribution in [0.15, 0.2) is 30.3 Å². The van der Waals surface area contributed by atoms with Gasteiger partial charge in [0.05, 0.1) is 12.7 Å². The van der Waals surface area contributed by atoms with Gasteiger partial charge in [0.2, 0.25) is 0 Å². The molecule has 1 heterocycles. The number of rotatable bonds is 4. The van der Waals surface area contributed by atoms with E-state index in [0.717, 1.165) is 5.56 Å². The fraction of sp³-hybridized carbons (Fsp3) is 0.500. The Hall–Kier alpha value is -0.860. The van der Waals surface area contributed by atoms with E-state index < -0.39 is 0 Å². The molecule has 0 aliphatic carbocycles. The lowest BCUT2D eigenvalue weighted by atomic mass is 10.0. The molecule has 0 N–H and O–H groups in total. The number of ether oxygens (including phenoxy) is 2. The number of benzene rings is 1. The second-order valence-corrected chi connectivity index (χ2v) is 4.39. The van der Waals surface area contributed by atoms with Crippen molar-refractivity contribution >= 4 is 0 Å². The van der Waals surface area contributed by atoms with E-state index in [1.807, 2.05) is 30.3 Å². The van der Waals surface area contributed by atoms with Gasteiger partial charge in [0.15, 0.2) is 0 Å². The molecule has 87 valence electrons. The van der Waals surface area contributed by atoms with Gasteiger partial charge in [-0.15, -0.1) is 0 Å². The smallest absolute Gasteiger partial charge is 0.256 e. The first-order chi connectivity index (χ1) is 7.81. The molecule has 1 saturated heterocycles. The summed E-state index contributed by atoms with van der Waals surface area (Å²) in [5.74, 6) is 0.561. The molecule has 2 heteroatoms. The first kappa shape index (κ1) is 11.6. The van der Waals surface area contributed by atoms with Crippen molar-refractivity contribution in [3.63, 3.8) is 0 Å². The Balaban J connectivity index is 1.93. The van der Waals surface area contributed by atoms with Crippen LogP contribution < -0.4 is 0 Å². The summed E-state index contributed by atoms with van der Waals surface area (Å²) in [6.07, 6.45) is 3.29. The minimum absolute atomic E-state index is 0.218. The van der Waals surface area contributed by atoms with Crippen LogP contribution in [-0.2, 0) is 9.47 Å². The quantitative estimate of drug-likeness (QED) is 0.773. The van der Waals surface area contributed by atoms with Gasteiger partial charge in [0.1, 0.15) is 0 Å². The molecule has 2 nitrogen and oxygen atoms in total. The van der Waals surface area contributed by atoms with E-state index in [-0.39, 0.29) is 6.10 Å². The Morgan fingerprint density at radius 1 is 1.31 bits per heavy atom. The monoisotopic (exact) mass is 219 g/mol. The van der Waals surface area contributed by atoms with Crippen LogP contribution in [-0.4, -0.2) is 12.7 Å². The summed E-state index contributed by atoms with van der Waals surface area (Å²) in [5, 5.41) is 0. The highest BCUT2D eigenvalue weighted by atomic mass is 16.7. The van der Waals surface area contributed by atoms with Crippen molar-refractivity contribution in [3.05, 3.63) is 42.2 Å². The molecule has 1 aliphatic rings. The SMILES string of the molecule is CCCC(C)C1CO[C](c2ccccc2)O1. The van der Waals surface area contributed by atoms with E-state index in [9.17, 15) is 0 Å². The molecular formula is C14H19O2. The fourth-order valence-corrected chi connectivity index (χ4v) is 2.01. The molecule has 2 rings (SSSR count). The third kappa shape index (κ3) is 2.63. The van der Waals surface area contributed by atoms with Gasteiger partial charge in [0, 0.05) is 5.56 Å². The van der Waals surface area contributed by atoms with Gasteiger partial charge in [-0.05, 0) is 12.3 Å². The van der Waals surface area contributed by atoms with Crippen LogP contribution in [0.3, 0.4) is 0 Å². The van der Waals surface area contributed by atoms with Gasteiger partial charge in [-0.2, -0.15) is 0 Å². The zero-order chi connectivity index (χ0) is 11.4. The Morgan fingerprint density at radius 3 is 2.75 bits per heavy atom. The summed E-state index contributed by atoms with van der Waals surface area (Å²) >= 11 is 0. The first-order valence-corrected chi connectivity index (χ1v) is 6.03. The maximum Gasteiger partial charge on any atom is 0.256 e. The van der Waals surface area contributed by atoms with E-state index in [4.69, 9.17) is 9.47 Å². The molecular weight excluding hydrogens is 200 g/mol. The summed E-state index contributed by atoms with van der Waals surface area (Å²) < 4.78 is 11.5. The van der Waals surface area contributed by atoms with Crippen LogP contribution in [0.25, 0.3) is 0 Å². The van der Waals surface area contributed by atoms with E-state index in [1.165, 1.54) is 12.8 Å². The lowest BCUT2D eigenvalue weighted by molar-refractivity contribution is 0.0545. The predicted molar refractivity (Wildman–Crippen MR) is 63.7 cm³/mol. The molecule has 2 atom stereocenters. The molecule has 16 heavy (non-hydrogen) atoms. The van der Waals surface area contributed by atoms with Crippen molar-refractivity contribution in [2.75, 3.05) is 6.61 Å². The fourth-order valence-electron chi connectivity index (χ4n) is 2.01. The summed E-state index contributed by atoms with van der Waals surface area (Å²) in [6.45, 7) is 5.12. The maximum absolute atomic E-state index is 5.86. The lowest BCUT2D eigenvalue weighted by Gasteiger charge is -2.16. The predicted octanol–water partition coefficient (Wildman–Crippen LogP) is 3.38. The summed E-state index contributed by atoms with van der Waals surface area (Å²) in [5.41, 5.74) is 1.04. The van der Waals surface area contributed by atoms with Crippen LogP contribution in [0.5, 0.6) is 0 Å². The van der Waals surface area contributed by atoms with Crippen LogP contribution in [0.2, 0.25) is 0 Å². The minimum Gasteiger partial charge on any atom is -0.339 e. The molecule has 0 saturated carbocycles. The number of hydrogen-bond acceptors (Lipinski definition) is 2. The van der Waals surface area contributed by atoms with Gasteiger partial charge in [0.25, 0.3) is 6.29 Å². The topological polar surface area (TPSA) is 18.5 Å². The van der Waals surface area contributed by atoms with Gasteiger partial charge < -0.3 is 9.47 Å². The summed E-state index contributed by atoms with van der Waals surface area (Å²) in [4.78, 5) is 0. The second kappa shape index (κ2) is 5.46. The van der Waals surface area contributed by atoms with E-state index in [2.05, 4.69) is 13.8 Å². The second-order valence-electron chi connectivity index (χ2n) is 4.39. The van der Waals surface area contributed by atoms with Crippen molar-refractivity contribution in [2.24, 2.45) is 5.92 Å². The van der Waals surface area contributed by atoms with Crippen molar-refractivity contribution in [3.8, 4) is 0 Å². The highest BCUT2D eigenvalue weighted by molar-refractivity contribution is 5.24. The van der Waals surface area contributed by atoms with Crippen LogP contribution in [0, 0.1) is 12.2 Å². The molecule has 0 bridgehead atoms. The molecule has 1 fully saturated rings. The Kier molecular flexibility index (Phi) is 3.97. The van der Waals surface area contributed by atoms with E-state index in [1.54, 1.807) is 0 Å². The standard InChI is InChI=1S/C14H19O2/c1-3-7-11(2)13-10-15-14(16-13)12-8-5-4-6-9-12/h4-6,8-9,11,13H,3,7,10H2,1-2H3. The van der Waals surface area contributed by atoms with Gasteiger partial charge in [-0.3, -0.25) is 0 Å². The highest BCUT2D eigenvalue weighted by Crippen LogP contribution is 2.30. The highest BCUT2D eigenvalue weighted by Gasteiger charge is 2.31. The first-order valence-electron chi connectivity index (χ1n) is 6.03. The van der Waals surface area contributed by atoms with Gasteiger partial charge in [-0.25, -0.2) is 0 Å². The minimum atomic E-state index is 0.218. The zero-order valence-corrected chi connectivity index (χ0v) is 9.98. The third-order valence-electron chi connectivity index (χ3n) is 3.03. The molecule has 1 aromatic rings. The van der Waals surface area contributed by atoms with Crippen molar-refractivity contribution in [1.82, 2.24) is 0 Å². The van der Waals surface area contributed by atoms with E-state index in [0.29, 0.717) is 18.8 Å². The van der Waals surface area contributed by atoms with Crippen molar-refractivity contribution in [1.29, 1.82) is 0 Å². The average Bonchev–Trinajstić information content (AvgIpc) is 2.80. The van der Waals surface area contributed by atoms with Gasteiger partial charge in [-0.1, -0.05) is 50.6 Å². The molecule has 0 spiro atoms. The van der Waals surface area contributed by atoms with Crippen molar-refractivity contribution < 1.29 is 9.47 Å². The molecule has 1 aliphatic heterocycles. The largest absolute Gasteiger partial charge is 0.339 e. The Bertz CT molecular complexity index is 310. The Morgan fingerprint density at radius 2 is 2.06 bits per heavy atom. The third-order valence-corrected chi connectivity index (χ3v) is 3.03. The van der Waals surface area contributed by atoms with Crippen LogP contribution >= 0.6 is 0 Å². The average molecular weight is 219 g/mol. The zero-order valence-electron chi connectivity index (χ0n) is 9.98. The number of hydrogen-bond donors (Lipinski definition) is 0. The normalized spacial score (nSPS) is 23.5. The van der Waals surface area contributed by atoms with Crippen molar-refractivity contribution in [2.45, 2.75) is 32.8 Å². The molecule has 0 aromatic heterocycles. The van der Waals surface area contributed by atoms with Crippen LogP contribution in [0.4, 0.5) is 0 Å². The molecule has 2 unspecified atom stereocenters. The molecule has 0 amide bonds. The Labute approximate surface area is 97.6 Å². The molecule has 1 radical (unpaired) electrons. The summed E-state index contributed by atoms with van der Waals surface area (Å²) in [6, 6.07) is 10.0. The van der Waals surface area contributed by atoms with E-state index >= 15 is 0 Å². The maximum atomic E-state index is 5.86.